The van der Waals surface area contributed by atoms with Crippen molar-refractivity contribution in [2.45, 2.75) is 52.2 Å². The van der Waals surface area contributed by atoms with Crippen LogP contribution in [-0.2, 0) is 13.6 Å². The van der Waals surface area contributed by atoms with Crippen molar-refractivity contribution >= 4 is 29.9 Å². The highest BCUT2D eigenvalue weighted by molar-refractivity contribution is 14.0. The van der Waals surface area contributed by atoms with Crippen molar-refractivity contribution in [1.82, 2.24) is 30.3 Å². The van der Waals surface area contributed by atoms with Crippen LogP contribution in [0.5, 0.6) is 0 Å². The van der Waals surface area contributed by atoms with Gasteiger partial charge in [0.2, 0.25) is 0 Å². The molecule has 2 N–H and O–H groups in total. The summed E-state index contributed by atoms with van der Waals surface area (Å²) >= 11 is 0. The molecule has 1 unspecified atom stereocenters. The molecule has 0 amide bonds. The minimum absolute atomic E-state index is 0. The summed E-state index contributed by atoms with van der Waals surface area (Å²) in [6.07, 6.45) is 2.23. The minimum Gasteiger partial charge on any atom is -0.357 e. The molecule has 1 atom stereocenters. The summed E-state index contributed by atoms with van der Waals surface area (Å²) in [5, 5.41) is 15.3. The van der Waals surface area contributed by atoms with E-state index in [-0.39, 0.29) is 24.0 Å². The molecule has 160 valence electrons. The van der Waals surface area contributed by atoms with E-state index in [2.05, 4.69) is 69.9 Å². The lowest BCUT2D eigenvalue weighted by molar-refractivity contribution is 0.158. The van der Waals surface area contributed by atoms with E-state index in [4.69, 9.17) is 4.99 Å². The van der Waals surface area contributed by atoms with E-state index in [0.29, 0.717) is 18.6 Å². The number of aromatic nitrogens is 3. The van der Waals surface area contributed by atoms with Crippen LogP contribution in [0.25, 0.3) is 0 Å². The molecule has 1 aromatic heterocycles. The molecule has 0 bridgehead atoms. The maximum Gasteiger partial charge on any atom is 0.191 e. The molecule has 1 saturated heterocycles. The number of hydrogen-bond acceptors (Lipinski definition) is 4. The highest BCUT2D eigenvalue weighted by Gasteiger charge is 2.24. The fraction of sp³-hybridized carbons (Fsp3) is 0.571. The Morgan fingerprint density at radius 1 is 1.21 bits per heavy atom. The number of aryl methyl sites for hydroxylation is 1. The molecule has 1 aliphatic heterocycles. The smallest absolute Gasteiger partial charge is 0.191 e. The van der Waals surface area contributed by atoms with Gasteiger partial charge in [-0.3, -0.25) is 4.90 Å². The Morgan fingerprint density at radius 2 is 1.90 bits per heavy atom. The van der Waals surface area contributed by atoms with Crippen molar-refractivity contribution in [3.05, 3.63) is 47.5 Å². The van der Waals surface area contributed by atoms with Crippen LogP contribution >= 0.6 is 24.0 Å². The molecular weight excluding hydrogens is 477 g/mol. The van der Waals surface area contributed by atoms with Crippen molar-refractivity contribution in [3.8, 4) is 0 Å². The van der Waals surface area contributed by atoms with Gasteiger partial charge in [-0.25, -0.2) is 4.99 Å². The summed E-state index contributed by atoms with van der Waals surface area (Å²) in [4.78, 5) is 7.28. The zero-order valence-electron chi connectivity index (χ0n) is 17.9. The van der Waals surface area contributed by atoms with Crippen molar-refractivity contribution in [1.29, 1.82) is 0 Å². The fourth-order valence-corrected chi connectivity index (χ4v) is 3.63. The third-order valence-electron chi connectivity index (χ3n) is 5.61. The van der Waals surface area contributed by atoms with E-state index in [1.165, 1.54) is 5.56 Å². The fourth-order valence-electron chi connectivity index (χ4n) is 3.63. The number of benzene rings is 1. The maximum absolute atomic E-state index is 4.71. The largest absolute Gasteiger partial charge is 0.357 e. The van der Waals surface area contributed by atoms with Crippen LogP contribution in [0, 0.1) is 6.92 Å². The molecule has 1 aliphatic rings. The van der Waals surface area contributed by atoms with Gasteiger partial charge in [0.15, 0.2) is 11.8 Å². The Balaban J connectivity index is 0.00000300. The molecule has 0 spiro atoms. The van der Waals surface area contributed by atoms with E-state index >= 15 is 0 Å². The zero-order valence-corrected chi connectivity index (χ0v) is 20.3. The monoisotopic (exact) mass is 511 g/mol. The Labute approximate surface area is 191 Å². The molecule has 2 heterocycles. The summed E-state index contributed by atoms with van der Waals surface area (Å²) in [6.45, 7) is 9.90. The van der Waals surface area contributed by atoms with Gasteiger partial charge in [-0.1, -0.05) is 30.3 Å². The van der Waals surface area contributed by atoms with E-state index < -0.39 is 0 Å². The number of nitrogens with zero attached hydrogens (tertiary/aromatic N) is 5. The van der Waals surface area contributed by atoms with Crippen molar-refractivity contribution in [2.75, 3.05) is 19.6 Å². The van der Waals surface area contributed by atoms with Crippen LogP contribution in [0.3, 0.4) is 0 Å². The highest BCUT2D eigenvalue weighted by Crippen LogP contribution is 2.23. The number of hydrogen-bond donors (Lipinski definition) is 2. The quantitative estimate of drug-likeness (QED) is 0.355. The molecule has 3 rings (SSSR count). The van der Waals surface area contributed by atoms with E-state index in [1.807, 2.05) is 18.5 Å². The van der Waals surface area contributed by atoms with Crippen LogP contribution in [0.2, 0.25) is 0 Å². The molecule has 0 aliphatic carbocycles. The van der Waals surface area contributed by atoms with E-state index in [0.717, 1.165) is 50.1 Å². The Morgan fingerprint density at radius 3 is 2.48 bits per heavy atom. The van der Waals surface area contributed by atoms with Gasteiger partial charge in [0.05, 0.1) is 0 Å². The summed E-state index contributed by atoms with van der Waals surface area (Å²) in [5.74, 6) is 2.64. The van der Waals surface area contributed by atoms with Gasteiger partial charge >= 0.3 is 0 Å². The van der Waals surface area contributed by atoms with Gasteiger partial charge in [-0.05, 0) is 39.2 Å². The molecule has 2 aromatic rings. The van der Waals surface area contributed by atoms with Gasteiger partial charge in [0, 0.05) is 38.8 Å². The highest BCUT2D eigenvalue weighted by atomic mass is 127. The molecule has 0 saturated carbocycles. The lowest BCUT2D eigenvalue weighted by Crippen LogP contribution is -2.49. The number of rotatable bonds is 6. The van der Waals surface area contributed by atoms with Gasteiger partial charge in [0.1, 0.15) is 12.4 Å². The summed E-state index contributed by atoms with van der Waals surface area (Å²) in [5.41, 5.74) is 1.39. The summed E-state index contributed by atoms with van der Waals surface area (Å²) < 4.78 is 1.98. The Kier molecular flexibility index (Phi) is 9.35. The molecule has 1 aromatic carbocycles. The van der Waals surface area contributed by atoms with Crippen LogP contribution in [0.1, 0.15) is 49.9 Å². The second kappa shape index (κ2) is 11.5. The lowest BCUT2D eigenvalue weighted by atomic mass is 10.0. The molecule has 29 heavy (non-hydrogen) atoms. The van der Waals surface area contributed by atoms with Gasteiger partial charge < -0.3 is 15.2 Å². The predicted octanol–water partition coefficient (Wildman–Crippen LogP) is 3.02. The topological polar surface area (TPSA) is 70.4 Å². The number of piperidine rings is 1. The van der Waals surface area contributed by atoms with Gasteiger partial charge in [-0.15, -0.1) is 34.2 Å². The first-order chi connectivity index (χ1) is 13.6. The van der Waals surface area contributed by atoms with Crippen molar-refractivity contribution in [3.63, 3.8) is 0 Å². The van der Waals surface area contributed by atoms with Crippen LogP contribution in [0.15, 0.2) is 35.3 Å². The predicted molar refractivity (Wildman–Crippen MR) is 129 cm³/mol. The average molecular weight is 511 g/mol. The first kappa shape index (κ1) is 23.6. The molecule has 7 nitrogen and oxygen atoms in total. The number of nitrogens with one attached hydrogen (secondary N) is 2. The minimum atomic E-state index is 0. The normalized spacial score (nSPS) is 16.9. The Bertz CT molecular complexity index is 767. The number of guanidine groups is 1. The second-order valence-electron chi connectivity index (χ2n) is 7.46. The van der Waals surface area contributed by atoms with E-state index in [9.17, 15) is 0 Å². The van der Waals surface area contributed by atoms with Crippen LogP contribution in [-0.4, -0.2) is 51.3 Å². The number of likely N-dealkylation sites (tertiary alicyclic amines) is 1. The van der Waals surface area contributed by atoms with Crippen molar-refractivity contribution in [2.24, 2.45) is 12.0 Å². The summed E-state index contributed by atoms with van der Waals surface area (Å²) in [6, 6.07) is 11.7. The second-order valence-corrected chi connectivity index (χ2v) is 7.46. The standard InChI is InChI=1S/C21H33N7.HI/c1-5-22-21(23-15-20-26-25-17(3)27(20)4)24-19-11-13-28(14-12-19)16(2)18-9-7-6-8-10-18;/h6-10,16,19H,5,11-15H2,1-4H3,(H2,22,23,24);1H. The third-order valence-corrected chi connectivity index (χ3v) is 5.61. The number of halogens is 1. The first-order valence-corrected chi connectivity index (χ1v) is 10.3. The molecule has 1 fully saturated rings. The van der Waals surface area contributed by atoms with E-state index in [1.54, 1.807) is 0 Å². The third kappa shape index (κ3) is 6.40. The zero-order chi connectivity index (χ0) is 19.9. The maximum atomic E-state index is 4.71. The van der Waals surface area contributed by atoms with Gasteiger partial charge in [0.25, 0.3) is 0 Å². The SMILES string of the molecule is CCNC(=NCc1nnc(C)n1C)NC1CCN(C(C)c2ccccc2)CC1.I. The van der Waals surface area contributed by atoms with Crippen LogP contribution < -0.4 is 10.6 Å². The summed E-state index contributed by atoms with van der Waals surface area (Å²) in [7, 11) is 1.98. The first-order valence-electron chi connectivity index (χ1n) is 10.3. The molecule has 8 heteroatoms. The lowest BCUT2D eigenvalue weighted by Gasteiger charge is -2.37. The number of aliphatic imine (C=N–C) groups is 1. The van der Waals surface area contributed by atoms with Crippen LogP contribution in [0.4, 0.5) is 0 Å². The Hall–Kier alpha value is -1.68. The molecule has 0 radical (unpaired) electrons. The van der Waals surface area contributed by atoms with Gasteiger partial charge in [-0.2, -0.15) is 0 Å². The average Bonchev–Trinajstić information content (AvgIpc) is 3.05. The molecular formula is C21H34IN7. The van der Waals surface area contributed by atoms with Crippen molar-refractivity contribution < 1.29 is 0 Å².